The summed E-state index contributed by atoms with van der Waals surface area (Å²) in [6.07, 6.45) is 4.16. The molecule has 1 saturated heterocycles. The molecule has 0 unspecified atom stereocenters. The van der Waals surface area contributed by atoms with Gasteiger partial charge in [0.25, 0.3) is 0 Å². The van der Waals surface area contributed by atoms with Gasteiger partial charge in [-0.25, -0.2) is 9.97 Å². The first-order valence-corrected chi connectivity index (χ1v) is 8.72. The van der Waals surface area contributed by atoms with Crippen LogP contribution in [0.4, 0.5) is 5.95 Å². The van der Waals surface area contributed by atoms with E-state index >= 15 is 0 Å². The molecule has 0 atom stereocenters. The molecule has 25 heavy (non-hydrogen) atoms. The lowest BCUT2D eigenvalue weighted by Gasteiger charge is -2.36. The van der Waals surface area contributed by atoms with E-state index in [4.69, 9.17) is 27.9 Å². The van der Waals surface area contributed by atoms with Crippen LogP contribution >= 0.6 is 23.2 Å². The summed E-state index contributed by atoms with van der Waals surface area (Å²) in [5.74, 6) is 1.09. The maximum Gasteiger partial charge on any atom is 0.225 e. The first kappa shape index (κ1) is 18.2. The van der Waals surface area contributed by atoms with Crippen molar-refractivity contribution < 1.29 is 14.9 Å². The quantitative estimate of drug-likeness (QED) is 0.826. The van der Waals surface area contributed by atoms with Crippen molar-refractivity contribution in [1.29, 1.82) is 0 Å². The number of rotatable bonds is 5. The molecule has 0 aliphatic carbocycles. The zero-order chi connectivity index (χ0) is 17.9. The Balaban J connectivity index is 1.60. The van der Waals surface area contributed by atoms with Gasteiger partial charge in [-0.05, 0) is 25.0 Å². The van der Waals surface area contributed by atoms with E-state index in [1.54, 1.807) is 30.6 Å². The maximum atomic E-state index is 10.1. The molecule has 1 aromatic carbocycles. The minimum Gasteiger partial charge on any atom is -0.486 e. The molecule has 8 heteroatoms. The average molecular weight is 384 g/mol. The van der Waals surface area contributed by atoms with Crippen LogP contribution in [0.5, 0.6) is 5.75 Å². The summed E-state index contributed by atoms with van der Waals surface area (Å²) >= 11 is 12.2. The number of ether oxygens (including phenoxy) is 1. The highest BCUT2D eigenvalue weighted by Gasteiger charge is 2.32. The fourth-order valence-corrected chi connectivity index (χ4v) is 3.16. The Morgan fingerprint density at radius 1 is 1.12 bits per heavy atom. The molecule has 6 nitrogen and oxygen atoms in total. The molecule has 1 aliphatic rings. The van der Waals surface area contributed by atoms with Gasteiger partial charge in [-0.1, -0.05) is 29.3 Å². The van der Waals surface area contributed by atoms with Crippen molar-refractivity contribution >= 4 is 29.2 Å². The first-order valence-electron chi connectivity index (χ1n) is 7.97. The van der Waals surface area contributed by atoms with Gasteiger partial charge in [-0.3, -0.25) is 0 Å². The van der Waals surface area contributed by atoms with Crippen LogP contribution in [0.25, 0.3) is 0 Å². The van der Waals surface area contributed by atoms with Gasteiger partial charge in [0.05, 0.1) is 24.6 Å². The van der Waals surface area contributed by atoms with E-state index in [1.165, 1.54) is 0 Å². The van der Waals surface area contributed by atoms with Crippen LogP contribution in [0.15, 0.2) is 30.6 Å². The SMILES string of the molecule is OCC1(O)CCN(c2ncc(OCc3c(Cl)cccc3Cl)cn2)CC1. The molecule has 1 fully saturated rings. The monoisotopic (exact) mass is 383 g/mol. The third-order valence-corrected chi connectivity index (χ3v) is 5.04. The normalized spacial score (nSPS) is 16.7. The van der Waals surface area contributed by atoms with E-state index in [9.17, 15) is 10.2 Å². The Hall–Kier alpha value is -1.60. The minimum absolute atomic E-state index is 0.223. The second-order valence-electron chi connectivity index (χ2n) is 6.08. The molecular weight excluding hydrogens is 365 g/mol. The Kier molecular flexibility index (Phi) is 5.64. The summed E-state index contributed by atoms with van der Waals surface area (Å²) in [6, 6.07) is 5.30. The smallest absolute Gasteiger partial charge is 0.225 e. The largest absolute Gasteiger partial charge is 0.486 e. The third-order valence-electron chi connectivity index (χ3n) is 4.33. The molecule has 2 heterocycles. The molecule has 0 saturated carbocycles. The molecule has 134 valence electrons. The van der Waals surface area contributed by atoms with Crippen LogP contribution in [0, 0.1) is 0 Å². The zero-order valence-corrected chi connectivity index (χ0v) is 15.0. The van der Waals surface area contributed by atoms with Crippen LogP contribution < -0.4 is 9.64 Å². The summed E-state index contributed by atoms with van der Waals surface area (Å²) in [7, 11) is 0. The molecule has 2 aromatic rings. The van der Waals surface area contributed by atoms with E-state index in [0.717, 1.165) is 0 Å². The highest BCUT2D eigenvalue weighted by atomic mass is 35.5. The molecule has 0 bridgehead atoms. The second kappa shape index (κ2) is 7.74. The summed E-state index contributed by atoms with van der Waals surface area (Å²) in [5, 5.41) is 20.4. The van der Waals surface area contributed by atoms with Crippen LogP contribution in [0.2, 0.25) is 10.0 Å². The number of nitrogens with zero attached hydrogens (tertiary/aromatic N) is 3. The number of hydrogen-bond acceptors (Lipinski definition) is 6. The fourth-order valence-electron chi connectivity index (χ4n) is 2.65. The molecular formula is C17H19Cl2N3O3. The third kappa shape index (κ3) is 4.33. The topological polar surface area (TPSA) is 78.7 Å². The van der Waals surface area contributed by atoms with Crippen molar-refractivity contribution in [3.05, 3.63) is 46.2 Å². The molecule has 0 spiro atoms. The molecule has 3 rings (SSSR count). The number of halogens is 2. The Morgan fingerprint density at radius 3 is 2.28 bits per heavy atom. The maximum absolute atomic E-state index is 10.1. The minimum atomic E-state index is -0.992. The molecule has 1 aliphatic heterocycles. The zero-order valence-electron chi connectivity index (χ0n) is 13.5. The van der Waals surface area contributed by atoms with E-state index < -0.39 is 5.60 Å². The van der Waals surface area contributed by atoms with E-state index in [-0.39, 0.29) is 13.2 Å². The highest BCUT2D eigenvalue weighted by Crippen LogP contribution is 2.27. The molecule has 2 N–H and O–H groups in total. The van der Waals surface area contributed by atoms with Crippen LogP contribution in [-0.2, 0) is 6.61 Å². The lowest BCUT2D eigenvalue weighted by atomic mass is 9.93. The van der Waals surface area contributed by atoms with Crippen LogP contribution in [0.1, 0.15) is 18.4 Å². The van der Waals surface area contributed by atoms with Gasteiger partial charge in [0.1, 0.15) is 6.61 Å². The van der Waals surface area contributed by atoms with Crippen molar-refractivity contribution in [2.75, 3.05) is 24.6 Å². The number of aliphatic hydroxyl groups is 2. The Labute approximate surface area is 156 Å². The predicted molar refractivity (Wildman–Crippen MR) is 96.3 cm³/mol. The van der Waals surface area contributed by atoms with E-state index in [0.29, 0.717) is 53.2 Å². The standard InChI is InChI=1S/C17H19Cl2N3O3/c18-14-2-1-3-15(19)13(14)10-25-12-8-20-16(21-9-12)22-6-4-17(24,11-23)5-7-22/h1-3,8-9,23-24H,4-7,10-11H2. The highest BCUT2D eigenvalue weighted by molar-refractivity contribution is 6.35. The predicted octanol–water partition coefficient (Wildman–Crippen LogP) is 2.69. The Bertz CT molecular complexity index is 699. The average Bonchev–Trinajstić information content (AvgIpc) is 2.63. The van der Waals surface area contributed by atoms with Crippen molar-refractivity contribution in [3.63, 3.8) is 0 Å². The lowest BCUT2D eigenvalue weighted by molar-refractivity contribution is -0.0327. The number of anilines is 1. The number of aromatic nitrogens is 2. The molecule has 0 radical (unpaired) electrons. The van der Waals surface area contributed by atoms with E-state index in [2.05, 4.69) is 9.97 Å². The van der Waals surface area contributed by atoms with Crippen molar-refractivity contribution in [3.8, 4) is 5.75 Å². The van der Waals surface area contributed by atoms with Gasteiger partial charge >= 0.3 is 0 Å². The summed E-state index contributed by atoms with van der Waals surface area (Å²) in [5.41, 5.74) is -0.275. The van der Waals surface area contributed by atoms with Crippen LogP contribution in [0.3, 0.4) is 0 Å². The second-order valence-corrected chi connectivity index (χ2v) is 6.89. The Morgan fingerprint density at radius 2 is 1.72 bits per heavy atom. The summed E-state index contributed by atoms with van der Waals surface area (Å²) < 4.78 is 5.66. The fraction of sp³-hybridized carbons (Fsp3) is 0.412. The van der Waals surface area contributed by atoms with Crippen LogP contribution in [-0.4, -0.2) is 45.5 Å². The van der Waals surface area contributed by atoms with Gasteiger partial charge in [-0.15, -0.1) is 0 Å². The van der Waals surface area contributed by atoms with Crippen molar-refractivity contribution in [1.82, 2.24) is 9.97 Å². The van der Waals surface area contributed by atoms with Crippen molar-refractivity contribution in [2.45, 2.75) is 25.0 Å². The van der Waals surface area contributed by atoms with Gasteiger partial charge in [0.2, 0.25) is 5.95 Å². The van der Waals surface area contributed by atoms with Gasteiger partial charge in [-0.2, -0.15) is 0 Å². The summed E-state index contributed by atoms with van der Waals surface area (Å²) in [6.45, 7) is 1.19. The van der Waals surface area contributed by atoms with E-state index in [1.807, 2.05) is 4.90 Å². The van der Waals surface area contributed by atoms with Crippen molar-refractivity contribution in [2.24, 2.45) is 0 Å². The molecule has 1 aromatic heterocycles. The lowest BCUT2D eigenvalue weighted by Crippen LogP contribution is -2.47. The summed E-state index contributed by atoms with van der Waals surface area (Å²) in [4.78, 5) is 10.6. The van der Waals surface area contributed by atoms with Gasteiger partial charge < -0.3 is 19.8 Å². The number of benzene rings is 1. The molecule has 0 amide bonds. The number of hydrogen-bond donors (Lipinski definition) is 2. The number of aliphatic hydroxyl groups excluding tert-OH is 1. The number of piperidine rings is 1. The van der Waals surface area contributed by atoms with Gasteiger partial charge in [0.15, 0.2) is 5.75 Å². The first-order chi connectivity index (χ1) is 12.0. The van der Waals surface area contributed by atoms with Gasteiger partial charge in [0, 0.05) is 28.7 Å².